The number of H-pyrrole nitrogens is 1. The summed E-state index contributed by atoms with van der Waals surface area (Å²) in [6, 6.07) is 0. The Kier molecular flexibility index (Phi) is 3.41. The van der Waals surface area contributed by atoms with Crippen molar-refractivity contribution in [3.63, 3.8) is 0 Å². The molecule has 0 spiro atoms. The zero-order valence-electron chi connectivity index (χ0n) is 10.8. The summed E-state index contributed by atoms with van der Waals surface area (Å²) in [6.07, 6.45) is 5.54. The summed E-state index contributed by atoms with van der Waals surface area (Å²) in [7, 11) is 0. The first kappa shape index (κ1) is 14.0. The van der Waals surface area contributed by atoms with Crippen LogP contribution in [0.15, 0.2) is 36.8 Å². The van der Waals surface area contributed by atoms with E-state index in [0.29, 0.717) is 29.7 Å². The minimum Gasteiger partial charge on any atom is -0.369 e. The maximum atomic E-state index is 12.9. The molecular weight excluding hydrogens is 303 g/mol. The standard InChI is InChI=1S/C14H11ClF3N3/c15-12-10(14(16,17)18)7-20-13-11(12)9(6-19-13)8-21-4-2-1-3-5-21/h1-4,6-7H,5,8H2,(H,19,20). The number of aromatic amines is 1. The Balaban J connectivity index is 2.03. The topological polar surface area (TPSA) is 31.9 Å². The summed E-state index contributed by atoms with van der Waals surface area (Å²) in [6.45, 7) is 1.16. The molecule has 110 valence electrons. The molecule has 0 amide bonds. The quantitative estimate of drug-likeness (QED) is 0.904. The Morgan fingerprint density at radius 1 is 1.33 bits per heavy atom. The fourth-order valence-corrected chi connectivity index (χ4v) is 2.65. The summed E-state index contributed by atoms with van der Waals surface area (Å²) in [5.41, 5.74) is 0.139. The van der Waals surface area contributed by atoms with Crippen molar-refractivity contribution in [2.75, 3.05) is 6.54 Å². The van der Waals surface area contributed by atoms with E-state index in [1.165, 1.54) is 0 Å². The molecule has 0 aromatic carbocycles. The van der Waals surface area contributed by atoms with Crippen molar-refractivity contribution in [1.82, 2.24) is 14.9 Å². The molecule has 0 saturated carbocycles. The zero-order chi connectivity index (χ0) is 15.0. The minimum absolute atomic E-state index is 0.305. The number of rotatable bonds is 2. The molecule has 3 rings (SSSR count). The third kappa shape index (κ3) is 2.63. The fourth-order valence-electron chi connectivity index (χ4n) is 2.28. The first-order chi connectivity index (χ1) is 9.97. The molecule has 0 aliphatic carbocycles. The number of halogens is 4. The van der Waals surface area contributed by atoms with Crippen LogP contribution in [0.4, 0.5) is 13.2 Å². The molecule has 0 bridgehead atoms. The number of hydrogen-bond acceptors (Lipinski definition) is 2. The van der Waals surface area contributed by atoms with Crippen molar-refractivity contribution in [3.05, 3.63) is 53.0 Å². The second kappa shape index (κ2) is 5.11. The summed E-state index contributed by atoms with van der Waals surface area (Å²) in [4.78, 5) is 8.65. The second-order valence-corrected chi connectivity index (χ2v) is 5.10. The van der Waals surface area contributed by atoms with Crippen LogP contribution in [-0.2, 0) is 12.7 Å². The van der Waals surface area contributed by atoms with Gasteiger partial charge in [0.05, 0.1) is 10.6 Å². The molecule has 0 atom stereocenters. The van der Waals surface area contributed by atoms with Crippen LogP contribution in [0.2, 0.25) is 5.02 Å². The molecule has 2 aromatic heterocycles. The van der Waals surface area contributed by atoms with Crippen molar-refractivity contribution in [2.45, 2.75) is 12.7 Å². The maximum Gasteiger partial charge on any atom is 0.419 e. The van der Waals surface area contributed by atoms with Gasteiger partial charge < -0.3 is 9.88 Å². The first-order valence-electron chi connectivity index (χ1n) is 6.26. The Bertz CT molecular complexity index is 731. The van der Waals surface area contributed by atoms with Gasteiger partial charge >= 0.3 is 6.18 Å². The second-order valence-electron chi connectivity index (χ2n) is 4.72. The molecular formula is C14H11ClF3N3. The van der Waals surface area contributed by atoms with Gasteiger partial charge in [0, 0.05) is 30.9 Å². The van der Waals surface area contributed by atoms with Crippen LogP contribution in [0.5, 0.6) is 0 Å². The van der Waals surface area contributed by atoms with Gasteiger partial charge in [-0.3, -0.25) is 0 Å². The molecule has 3 nitrogen and oxygen atoms in total. The predicted molar refractivity (Wildman–Crippen MR) is 74.8 cm³/mol. The van der Waals surface area contributed by atoms with Crippen molar-refractivity contribution >= 4 is 22.6 Å². The van der Waals surface area contributed by atoms with Crippen LogP contribution < -0.4 is 0 Å². The van der Waals surface area contributed by atoms with Crippen LogP contribution in [0.3, 0.4) is 0 Å². The number of nitrogens with one attached hydrogen (secondary N) is 1. The number of fused-ring (bicyclic) bond motifs is 1. The van der Waals surface area contributed by atoms with Gasteiger partial charge in [0.1, 0.15) is 5.65 Å². The average Bonchev–Trinajstić information content (AvgIpc) is 2.83. The Labute approximate surface area is 123 Å². The summed E-state index contributed by atoms with van der Waals surface area (Å²) >= 11 is 5.96. The number of alkyl halides is 3. The summed E-state index contributed by atoms with van der Waals surface area (Å²) in [5.74, 6) is 0. The van der Waals surface area contributed by atoms with E-state index in [4.69, 9.17) is 11.6 Å². The van der Waals surface area contributed by atoms with E-state index < -0.39 is 11.7 Å². The zero-order valence-corrected chi connectivity index (χ0v) is 11.5. The monoisotopic (exact) mass is 313 g/mol. The third-order valence-electron chi connectivity index (χ3n) is 3.28. The highest BCUT2D eigenvalue weighted by molar-refractivity contribution is 6.36. The largest absolute Gasteiger partial charge is 0.419 e. The van der Waals surface area contributed by atoms with E-state index in [2.05, 4.69) is 9.97 Å². The minimum atomic E-state index is -4.51. The number of allylic oxidation sites excluding steroid dienone is 2. The molecule has 0 unspecified atom stereocenters. The maximum absolute atomic E-state index is 12.9. The predicted octanol–water partition coefficient (Wildman–Crippen LogP) is 4.12. The number of pyridine rings is 1. The van der Waals surface area contributed by atoms with Gasteiger partial charge in [0.25, 0.3) is 0 Å². The molecule has 1 aliphatic heterocycles. The molecule has 1 N–H and O–H groups in total. The van der Waals surface area contributed by atoms with Crippen LogP contribution in [0.1, 0.15) is 11.1 Å². The fraction of sp³-hybridized carbons (Fsp3) is 0.214. The van der Waals surface area contributed by atoms with E-state index in [1.54, 1.807) is 6.20 Å². The highest BCUT2D eigenvalue weighted by atomic mass is 35.5. The Hall–Kier alpha value is -1.95. The molecule has 1 aliphatic rings. The van der Waals surface area contributed by atoms with E-state index in [1.807, 2.05) is 29.3 Å². The van der Waals surface area contributed by atoms with E-state index >= 15 is 0 Å². The Morgan fingerprint density at radius 2 is 2.14 bits per heavy atom. The van der Waals surface area contributed by atoms with Crippen LogP contribution >= 0.6 is 11.6 Å². The van der Waals surface area contributed by atoms with Gasteiger partial charge in [-0.15, -0.1) is 0 Å². The van der Waals surface area contributed by atoms with Crippen molar-refractivity contribution < 1.29 is 13.2 Å². The molecule has 3 heterocycles. The molecule has 0 radical (unpaired) electrons. The summed E-state index contributed by atoms with van der Waals surface area (Å²) < 4.78 is 38.7. The van der Waals surface area contributed by atoms with E-state index in [0.717, 1.165) is 6.20 Å². The van der Waals surface area contributed by atoms with Crippen molar-refractivity contribution in [1.29, 1.82) is 0 Å². The lowest BCUT2D eigenvalue weighted by Crippen LogP contribution is -2.18. The molecule has 0 fully saturated rings. The first-order valence-corrected chi connectivity index (χ1v) is 6.63. The molecule has 21 heavy (non-hydrogen) atoms. The molecule has 7 heteroatoms. The lowest BCUT2D eigenvalue weighted by Gasteiger charge is -2.20. The normalized spacial score (nSPS) is 15.1. The Morgan fingerprint density at radius 3 is 2.81 bits per heavy atom. The van der Waals surface area contributed by atoms with Crippen LogP contribution in [0.25, 0.3) is 11.0 Å². The van der Waals surface area contributed by atoms with Gasteiger partial charge in [-0.1, -0.05) is 23.8 Å². The van der Waals surface area contributed by atoms with E-state index in [-0.39, 0.29) is 5.02 Å². The average molecular weight is 314 g/mol. The smallest absolute Gasteiger partial charge is 0.369 e. The summed E-state index contributed by atoms with van der Waals surface area (Å²) in [5, 5.41) is 0.0229. The SMILES string of the molecule is FC(F)(F)c1cnc2[nH]cc(CN3C=CC=CC3)c2c1Cl. The third-order valence-corrected chi connectivity index (χ3v) is 3.68. The van der Waals surface area contributed by atoms with Crippen LogP contribution in [0, 0.1) is 0 Å². The van der Waals surface area contributed by atoms with Crippen LogP contribution in [-0.4, -0.2) is 21.4 Å². The van der Waals surface area contributed by atoms with Gasteiger partial charge in [0.15, 0.2) is 0 Å². The number of nitrogens with zero attached hydrogens (tertiary/aromatic N) is 2. The number of aromatic nitrogens is 2. The van der Waals surface area contributed by atoms with E-state index in [9.17, 15) is 13.2 Å². The van der Waals surface area contributed by atoms with Crippen molar-refractivity contribution in [3.8, 4) is 0 Å². The molecule has 2 aromatic rings. The van der Waals surface area contributed by atoms with Gasteiger partial charge in [-0.05, 0) is 17.8 Å². The van der Waals surface area contributed by atoms with Gasteiger partial charge in [0.2, 0.25) is 0 Å². The number of hydrogen-bond donors (Lipinski definition) is 1. The molecule has 0 saturated heterocycles. The lowest BCUT2D eigenvalue weighted by molar-refractivity contribution is -0.137. The highest BCUT2D eigenvalue weighted by Crippen LogP contribution is 2.38. The van der Waals surface area contributed by atoms with Crippen molar-refractivity contribution in [2.24, 2.45) is 0 Å². The van der Waals surface area contributed by atoms with Gasteiger partial charge in [-0.2, -0.15) is 13.2 Å². The van der Waals surface area contributed by atoms with Gasteiger partial charge in [-0.25, -0.2) is 4.98 Å². The lowest BCUT2D eigenvalue weighted by atomic mass is 10.1. The highest BCUT2D eigenvalue weighted by Gasteiger charge is 2.35.